The van der Waals surface area contributed by atoms with Crippen LogP contribution in [-0.2, 0) is 6.54 Å². The molecule has 3 heterocycles. The summed E-state index contributed by atoms with van der Waals surface area (Å²) >= 11 is 1.52. The highest BCUT2D eigenvalue weighted by Crippen LogP contribution is 2.32. The number of carbonyl (C=O) groups is 1. The number of carbonyl (C=O) groups excluding carboxylic acids is 1. The van der Waals surface area contributed by atoms with Crippen molar-refractivity contribution in [3.8, 4) is 0 Å². The minimum Gasteiger partial charge on any atom is -0.277 e. The van der Waals surface area contributed by atoms with Crippen molar-refractivity contribution in [2.24, 2.45) is 0 Å². The van der Waals surface area contributed by atoms with E-state index in [1.165, 1.54) is 11.3 Å². The first-order chi connectivity index (χ1) is 13.9. The van der Waals surface area contributed by atoms with Gasteiger partial charge in [0.2, 0.25) is 0 Å². The molecule has 1 amide bonds. The van der Waals surface area contributed by atoms with Crippen LogP contribution in [0.1, 0.15) is 47.3 Å². The molecule has 0 aliphatic carbocycles. The Hall–Kier alpha value is -3.06. The average Bonchev–Trinajstić information content (AvgIpc) is 3.31. The summed E-state index contributed by atoms with van der Waals surface area (Å²) in [4.78, 5) is 24.6. The van der Waals surface area contributed by atoms with Gasteiger partial charge in [-0.2, -0.15) is 5.10 Å². The molecule has 29 heavy (non-hydrogen) atoms. The second kappa shape index (κ2) is 7.75. The van der Waals surface area contributed by atoms with Crippen LogP contribution in [0.4, 0.5) is 5.13 Å². The van der Waals surface area contributed by atoms with E-state index in [4.69, 9.17) is 4.98 Å². The standard InChI is InChI=1S/C22H23N5OS/c1-14(2)27-18(12-16(4)25-27)21(28)26(13-17-9-5-6-11-23-17)22-24-20-15(3)8-7-10-19(20)29-22/h5-12,14H,13H2,1-4H3. The highest BCUT2D eigenvalue weighted by atomic mass is 32.1. The number of hydrogen-bond acceptors (Lipinski definition) is 5. The zero-order valence-corrected chi connectivity index (χ0v) is 17.8. The minimum atomic E-state index is -0.123. The molecule has 0 radical (unpaired) electrons. The SMILES string of the molecule is Cc1cc(C(=O)N(Cc2ccccn2)c2nc3c(C)cccc3s2)n(C(C)C)n1. The van der Waals surface area contributed by atoms with Gasteiger partial charge in [-0.1, -0.05) is 29.5 Å². The summed E-state index contributed by atoms with van der Waals surface area (Å²) in [5.74, 6) is -0.123. The number of hydrogen-bond donors (Lipinski definition) is 0. The largest absolute Gasteiger partial charge is 0.278 e. The average molecular weight is 406 g/mol. The number of para-hydroxylation sites is 1. The van der Waals surface area contributed by atoms with Crippen LogP contribution in [0, 0.1) is 13.8 Å². The molecule has 0 atom stereocenters. The van der Waals surface area contributed by atoms with Gasteiger partial charge in [-0.25, -0.2) is 4.98 Å². The number of benzene rings is 1. The molecule has 0 saturated carbocycles. The first-order valence-electron chi connectivity index (χ1n) is 9.58. The molecule has 1 aromatic carbocycles. The van der Waals surface area contributed by atoms with E-state index in [1.807, 2.05) is 70.2 Å². The predicted octanol–water partition coefficient (Wildman–Crippen LogP) is 4.93. The number of pyridine rings is 1. The summed E-state index contributed by atoms with van der Waals surface area (Å²) in [5.41, 5.74) is 4.21. The van der Waals surface area contributed by atoms with Gasteiger partial charge < -0.3 is 0 Å². The monoisotopic (exact) mass is 405 g/mol. The topological polar surface area (TPSA) is 63.9 Å². The number of rotatable bonds is 5. The maximum Gasteiger partial charge on any atom is 0.278 e. The Morgan fingerprint density at radius 2 is 2.00 bits per heavy atom. The van der Waals surface area contributed by atoms with Crippen molar-refractivity contribution >= 4 is 32.6 Å². The second-order valence-electron chi connectivity index (χ2n) is 7.34. The molecule has 0 saturated heterocycles. The van der Waals surface area contributed by atoms with Crippen molar-refractivity contribution in [3.63, 3.8) is 0 Å². The lowest BCUT2D eigenvalue weighted by atomic mass is 10.2. The Labute approximate surface area is 173 Å². The highest BCUT2D eigenvalue weighted by Gasteiger charge is 2.26. The number of thiazole rings is 1. The second-order valence-corrected chi connectivity index (χ2v) is 8.35. The summed E-state index contributed by atoms with van der Waals surface area (Å²) in [6, 6.07) is 13.7. The van der Waals surface area contributed by atoms with E-state index in [0.29, 0.717) is 17.4 Å². The lowest BCUT2D eigenvalue weighted by Gasteiger charge is -2.21. The molecule has 4 rings (SSSR count). The molecule has 0 unspecified atom stereocenters. The van der Waals surface area contributed by atoms with Gasteiger partial charge in [0.1, 0.15) is 5.69 Å². The minimum absolute atomic E-state index is 0.0805. The molecule has 0 fully saturated rings. The van der Waals surface area contributed by atoms with Crippen LogP contribution in [-0.4, -0.2) is 25.7 Å². The van der Waals surface area contributed by atoms with Crippen molar-refractivity contribution in [2.75, 3.05) is 4.90 Å². The molecule has 6 nitrogen and oxygen atoms in total. The van der Waals surface area contributed by atoms with Crippen LogP contribution in [0.5, 0.6) is 0 Å². The van der Waals surface area contributed by atoms with Gasteiger partial charge in [0.25, 0.3) is 5.91 Å². The van der Waals surface area contributed by atoms with Gasteiger partial charge >= 0.3 is 0 Å². The van der Waals surface area contributed by atoms with Gasteiger partial charge in [-0.3, -0.25) is 19.4 Å². The summed E-state index contributed by atoms with van der Waals surface area (Å²) in [6.07, 6.45) is 1.74. The molecule has 0 bridgehead atoms. The number of nitrogens with zero attached hydrogens (tertiary/aromatic N) is 5. The van der Waals surface area contributed by atoms with E-state index in [2.05, 4.69) is 10.1 Å². The number of fused-ring (bicyclic) bond motifs is 1. The van der Waals surface area contributed by atoms with Gasteiger partial charge in [0.05, 0.1) is 28.1 Å². The fourth-order valence-electron chi connectivity index (χ4n) is 3.28. The van der Waals surface area contributed by atoms with E-state index in [-0.39, 0.29) is 11.9 Å². The molecule has 7 heteroatoms. The van der Waals surface area contributed by atoms with E-state index >= 15 is 0 Å². The molecule has 148 valence electrons. The summed E-state index contributed by atoms with van der Waals surface area (Å²) in [7, 11) is 0. The lowest BCUT2D eigenvalue weighted by Crippen LogP contribution is -2.32. The third-order valence-corrected chi connectivity index (χ3v) is 5.74. The normalized spacial score (nSPS) is 11.3. The molecule has 0 N–H and O–H groups in total. The van der Waals surface area contributed by atoms with E-state index in [9.17, 15) is 4.79 Å². The third-order valence-electron chi connectivity index (χ3n) is 4.70. The number of amides is 1. The van der Waals surface area contributed by atoms with E-state index in [0.717, 1.165) is 27.2 Å². The Morgan fingerprint density at radius 1 is 1.17 bits per heavy atom. The lowest BCUT2D eigenvalue weighted by molar-refractivity contribution is 0.0972. The Bertz CT molecular complexity index is 1160. The van der Waals surface area contributed by atoms with Crippen molar-refractivity contribution in [1.82, 2.24) is 19.7 Å². The zero-order chi connectivity index (χ0) is 20.5. The Morgan fingerprint density at radius 3 is 2.69 bits per heavy atom. The summed E-state index contributed by atoms with van der Waals surface area (Å²) < 4.78 is 2.84. The fraction of sp³-hybridized carbons (Fsp3) is 0.273. The van der Waals surface area contributed by atoms with Crippen molar-refractivity contribution in [2.45, 2.75) is 40.3 Å². The van der Waals surface area contributed by atoms with Gasteiger partial charge in [-0.15, -0.1) is 0 Å². The van der Waals surface area contributed by atoms with Crippen molar-refractivity contribution in [1.29, 1.82) is 0 Å². The van der Waals surface area contributed by atoms with Crippen molar-refractivity contribution < 1.29 is 4.79 Å². The van der Waals surface area contributed by atoms with E-state index in [1.54, 1.807) is 15.8 Å². The molecular formula is C22H23N5OS. The first-order valence-corrected chi connectivity index (χ1v) is 10.4. The summed E-state index contributed by atoms with van der Waals surface area (Å²) in [6.45, 7) is 8.33. The number of aromatic nitrogens is 4. The maximum atomic E-state index is 13.7. The molecule has 4 aromatic rings. The maximum absolute atomic E-state index is 13.7. The third kappa shape index (κ3) is 3.78. The fourth-order valence-corrected chi connectivity index (χ4v) is 4.32. The molecule has 0 aliphatic heterocycles. The molecule has 0 aliphatic rings. The van der Waals surface area contributed by atoms with Crippen LogP contribution in [0.25, 0.3) is 10.2 Å². The highest BCUT2D eigenvalue weighted by molar-refractivity contribution is 7.22. The number of aryl methyl sites for hydroxylation is 2. The Balaban J connectivity index is 1.81. The van der Waals surface area contributed by atoms with Crippen LogP contribution in [0.15, 0.2) is 48.7 Å². The Kier molecular flexibility index (Phi) is 5.15. The quantitative estimate of drug-likeness (QED) is 0.472. The van der Waals surface area contributed by atoms with Crippen molar-refractivity contribution in [3.05, 3.63) is 71.3 Å². The first kappa shape index (κ1) is 19.3. The van der Waals surface area contributed by atoms with E-state index < -0.39 is 0 Å². The van der Waals surface area contributed by atoms with Gasteiger partial charge in [0.15, 0.2) is 5.13 Å². The smallest absolute Gasteiger partial charge is 0.277 e. The van der Waals surface area contributed by atoms with Crippen LogP contribution >= 0.6 is 11.3 Å². The summed E-state index contributed by atoms with van der Waals surface area (Å²) in [5, 5.41) is 5.17. The molecule has 0 spiro atoms. The predicted molar refractivity (Wildman–Crippen MR) is 116 cm³/mol. The van der Waals surface area contributed by atoms with Crippen LogP contribution < -0.4 is 4.90 Å². The van der Waals surface area contributed by atoms with Crippen LogP contribution in [0.2, 0.25) is 0 Å². The molecular weight excluding hydrogens is 382 g/mol. The van der Waals surface area contributed by atoms with Gasteiger partial charge in [0, 0.05) is 12.2 Å². The number of anilines is 1. The molecule has 3 aromatic heterocycles. The van der Waals surface area contributed by atoms with Gasteiger partial charge in [-0.05, 0) is 57.5 Å². The zero-order valence-electron chi connectivity index (χ0n) is 17.0. The van der Waals surface area contributed by atoms with Crippen LogP contribution in [0.3, 0.4) is 0 Å².